The molecule has 0 aliphatic carbocycles. The van der Waals surface area contributed by atoms with E-state index in [9.17, 15) is 8.42 Å². The average molecular weight is 418 g/mol. The van der Waals surface area contributed by atoms with Crippen molar-refractivity contribution < 1.29 is 26.9 Å². The van der Waals surface area contributed by atoms with Gasteiger partial charge in [-0.2, -0.15) is 4.98 Å². The third-order valence-electron chi connectivity index (χ3n) is 4.83. The Hall–Kier alpha value is -2.62. The molecule has 0 spiro atoms. The number of sulfone groups is 1. The highest BCUT2D eigenvalue weighted by molar-refractivity contribution is 7.91. The molecule has 0 saturated carbocycles. The number of nitrogens with zero attached hydrogens (tertiary/aromatic N) is 1. The Labute approximate surface area is 169 Å². The van der Waals surface area contributed by atoms with Crippen molar-refractivity contribution in [2.75, 3.05) is 44.7 Å². The highest BCUT2D eigenvalue weighted by Gasteiger charge is 2.29. The minimum Gasteiger partial charge on any atom is -0.459 e. The molecule has 8 nitrogen and oxygen atoms in total. The first-order valence-electron chi connectivity index (χ1n) is 9.64. The monoisotopic (exact) mass is 418 g/mol. The smallest absolute Gasteiger partial charge is 0.266 e. The molecule has 1 aliphatic rings. The van der Waals surface area contributed by atoms with E-state index in [0.29, 0.717) is 12.3 Å². The first-order valence-corrected chi connectivity index (χ1v) is 11.1. The summed E-state index contributed by atoms with van der Waals surface area (Å²) in [7, 11) is -3.83. The van der Waals surface area contributed by atoms with Crippen molar-refractivity contribution in [3.8, 4) is 11.7 Å². The van der Waals surface area contributed by atoms with Crippen LogP contribution in [0.25, 0.3) is 11.7 Å². The summed E-state index contributed by atoms with van der Waals surface area (Å²) in [6, 6.07) is 11.6. The van der Waals surface area contributed by atoms with E-state index in [1.165, 1.54) is 11.2 Å². The summed E-state index contributed by atoms with van der Waals surface area (Å²) < 4.78 is 42.6. The molecule has 1 saturated heterocycles. The van der Waals surface area contributed by atoms with Crippen molar-refractivity contribution in [1.82, 2.24) is 4.98 Å². The molecule has 1 aromatic carbocycles. The van der Waals surface area contributed by atoms with Gasteiger partial charge in [0.25, 0.3) is 5.89 Å². The molecule has 29 heavy (non-hydrogen) atoms. The third kappa shape index (κ3) is 4.52. The van der Waals surface area contributed by atoms with Crippen LogP contribution in [0.5, 0.6) is 0 Å². The molecule has 9 heteroatoms. The minimum absolute atomic E-state index is 0.130. The Balaban J connectivity index is 1.53. The number of aromatic nitrogens is 1. The number of anilines is 1. The van der Waals surface area contributed by atoms with Gasteiger partial charge in [-0.25, -0.2) is 8.42 Å². The number of hydrogen-bond donors (Lipinski definition) is 2. The maximum atomic E-state index is 13.1. The Morgan fingerprint density at radius 3 is 2.59 bits per heavy atom. The number of hydrogen-bond acceptors (Lipinski definition) is 7. The van der Waals surface area contributed by atoms with Gasteiger partial charge in [0.1, 0.15) is 13.1 Å². The summed E-state index contributed by atoms with van der Waals surface area (Å²) >= 11 is 0. The van der Waals surface area contributed by atoms with Crippen molar-refractivity contribution in [3.05, 3.63) is 48.7 Å². The second-order valence-electron chi connectivity index (χ2n) is 6.84. The molecule has 1 aliphatic heterocycles. The largest absolute Gasteiger partial charge is 0.459 e. The quantitative estimate of drug-likeness (QED) is 0.535. The van der Waals surface area contributed by atoms with Crippen LogP contribution in [0.3, 0.4) is 0 Å². The number of oxazole rings is 1. The maximum Gasteiger partial charge on any atom is 0.266 e. The van der Waals surface area contributed by atoms with Crippen molar-refractivity contribution >= 4 is 15.7 Å². The first-order chi connectivity index (χ1) is 14.1. The predicted octanol–water partition coefficient (Wildman–Crippen LogP) is 1.48. The van der Waals surface area contributed by atoms with Gasteiger partial charge in [0.05, 0.1) is 30.9 Å². The van der Waals surface area contributed by atoms with E-state index < -0.39 is 9.84 Å². The molecule has 0 unspecified atom stereocenters. The topological polar surface area (TPSA) is 99.0 Å². The molecule has 1 fully saturated rings. The highest BCUT2D eigenvalue weighted by atomic mass is 32.2. The zero-order chi connectivity index (χ0) is 20.1. The van der Waals surface area contributed by atoms with Gasteiger partial charge in [-0.3, -0.25) is 0 Å². The molecular formula is C20H24N3O5S+. The normalized spacial score (nSPS) is 15.4. The fourth-order valence-electron chi connectivity index (χ4n) is 3.27. The van der Waals surface area contributed by atoms with Crippen LogP contribution in [0.4, 0.5) is 5.88 Å². The number of quaternary nitrogens is 1. The number of nitrogens with one attached hydrogen (secondary N) is 2. The van der Waals surface area contributed by atoms with E-state index >= 15 is 0 Å². The Morgan fingerprint density at radius 1 is 1.07 bits per heavy atom. The van der Waals surface area contributed by atoms with E-state index in [-0.39, 0.29) is 21.7 Å². The van der Waals surface area contributed by atoms with Crippen molar-refractivity contribution in [2.24, 2.45) is 0 Å². The molecule has 0 radical (unpaired) electrons. The Bertz CT molecular complexity index is 1010. The number of morpholine rings is 1. The summed E-state index contributed by atoms with van der Waals surface area (Å²) in [4.78, 5) is 5.89. The van der Waals surface area contributed by atoms with Gasteiger partial charge < -0.3 is 23.8 Å². The minimum atomic E-state index is -3.83. The van der Waals surface area contributed by atoms with Crippen molar-refractivity contribution in [2.45, 2.75) is 16.3 Å². The van der Waals surface area contributed by atoms with Crippen LogP contribution in [-0.4, -0.2) is 52.8 Å². The zero-order valence-electron chi connectivity index (χ0n) is 16.0. The second kappa shape index (κ2) is 8.81. The molecule has 2 N–H and O–H groups in total. The van der Waals surface area contributed by atoms with Gasteiger partial charge in [0.2, 0.25) is 20.7 Å². The van der Waals surface area contributed by atoms with E-state index in [4.69, 9.17) is 13.6 Å². The molecule has 3 heterocycles. The van der Waals surface area contributed by atoms with E-state index in [2.05, 4.69) is 10.3 Å². The molecule has 0 atom stereocenters. The second-order valence-corrected chi connectivity index (χ2v) is 8.70. The van der Waals surface area contributed by atoms with Crippen molar-refractivity contribution in [1.29, 1.82) is 0 Å². The Morgan fingerprint density at radius 2 is 1.86 bits per heavy atom. The third-order valence-corrected chi connectivity index (χ3v) is 6.51. The molecule has 4 rings (SSSR count). The predicted molar refractivity (Wildman–Crippen MR) is 106 cm³/mol. The summed E-state index contributed by atoms with van der Waals surface area (Å²) in [5.41, 5.74) is 0. The number of rotatable bonds is 8. The van der Waals surface area contributed by atoms with Gasteiger partial charge in [-0.15, -0.1) is 0 Å². The molecule has 0 bridgehead atoms. The maximum absolute atomic E-state index is 13.1. The van der Waals surface area contributed by atoms with Gasteiger partial charge in [-0.05, 0) is 24.3 Å². The summed E-state index contributed by atoms with van der Waals surface area (Å²) in [5.74, 6) is 0.642. The van der Waals surface area contributed by atoms with E-state index in [1.807, 2.05) is 0 Å². The van der Waals surface area contributed by atoms with Crippen LogP contribution in [0.1, 0.15) is 6.42 Å². The average Bonchev–Trinajstić information content (AvgIpc) is 3.43. The summed E-state index contributed by atoms with van der Waals surface area (Å²) in [5, 5.41) is 2.99. The van der Waals surface area contributed by atoms with Crippen LogP contribution in [0.15, 0.2) is 67.5 Å². The summed E-state index contributed by atoms with van der Waals surface area (Å²) in [6.45, 7) is 5.13. The SMILES string of the molecule is O=S(=O)(c1ccccc1)c1nc(-c2ccco2)oc1NCCC[NH+]1CCOCC1. The molecule has 2 aromatic heterocycles. The lowest BCUT2D eigenvalue weighted by molar-refractivity contribution is -0.908. The summed E-state index contributed by atoms with van der Waals surface area (Å²) in [6.07, 6.45) is 2.36. The van der Waals surface area contributed by atoms with Crippen LogP contribution in [-0.2, 0) is 14.6 Å². The van der Waals surface area contributed by atoms with E-state index in [1.54, 1.807) is 42.5 Å². The highest BCUT2D eigenvalue weighted by Crippen LogP contribution is 2.32. The first kappa shape index (κ1) is 19.7. The van der Waals surface area contributed by atoms with Crippen LogP contribution in [0, 0.1) is 0 Å². The fourth-order valence-corrected chi connectivity index (χ4v) is 4.57. The number of furan rings is 1. The van der Waals surface area contributed by atoms with Crippen LogP contribution in [0.2, 0.25) is 0 Å². The molecule has 3 aromatic rings. The van der Waals surface area contributed by atoms with Gasteiger partial charge in [0, 0.05) is 13.0 Å². The standard InChI is InChI=1S/C20H23N3O5S/c24-29(25,16-6-2-1-3-7-16)20-19(28-18(22-20)17-8-4-13-27-17)21-9-5-10-23-11-14-26-15-12-23/h1-4,6-8,13,21H,5,9-12,14-15H2/p+1. The van der Waals surface area contributed by atoms with E-state index in [0.717, 1.165) is 39.3 Å². The number of benzene rings is 1. The van der Waals surface area contributed by atoms with Crippen LogP contribution < -0.4 is 10.2 Å². The van der Waals surface area contributed by atoms with Gasteiger partial charge >= 0.3 is 0 Å². The molecule has 154 valence electrons. The molecular weight excluding hydrogens is 394 g/mol. The fraction of sp³-hybridized carbons (Fsp3) is 0.350. The van der Waals surface area contributed by atoms with Gasteiger partial charge in [0.15, 0.2) is 5.76 Å². The van der Waals surface area contributed by atoms with Gasteiger partial charge in [-0.1, -0.05) is 18.2 Å². The Kier molecular flexibility index (Phi) is 5.98. The lowest BCUT2D eigenvalue weighted by Crippen LogP contribution is -3.14. The lowest BCUT2D eigenvalue weighted by atomic mass is 10.3. The molecule has 0 amide bonds. The van der Waals surface area contributed by atoms with Crippen molar-refractivity contribution in [3.63, 3.8) is 0 Å². The van der Waals surface area contributed by atoms with Crippen LogP contribution >= 0.6 is 0 Å². The number of ether oxygens (including phenoxy) is 1. The lowest BCUT2D eigenvalue weighted by Gasteiger charge is -2.23. The zero-order valence-corrected chi connectivity index (χ0v) is 16.8.